The van der Waals surface area contributed by atoms with Crippen molar-refractivity contribution in [3.8, 4) is 6.07 Å². The van der Waals surface area contributed by atoms with Crippen LogP contribution in [-0.2, 0) is 19.1 Å². The first-order chi connectivity index (χ1) is 13.8. The molecule has 152 valence electrons. The molecule has 9 nitrogen and oxygen atoms in total. The number of nitro benzene ring substituents is 1. The number of carbonyl (C=O) groups is 2. The lowest BCUT2D eigenvalue weighted by molar-refractivity contribution is -0.384. The minimum Gasteiger partial charge on any atom is -0.466 e. The Bertz CT molecular complexity index is 942. The van der Waals surface area contributed by atoms with E-state index in [1.54, 1.807) is 13.0 Å². The molecule has 0 aromatic heterocycles. The minimum absolute atomic E-state index is 0.0219. The number of benzene rings is 1. The van der Waals surface area contributed by atoms with Crippen molar-refractivity contribution in [3.63, 3.8) is 0 Å². The predicted molar refractivity (Wildman–Crippen MR) is 102 cm³/mol. The summed E-state index contributed by atoms with van der Waals surface area (Å²) in [5.74, 6) is -2.27. The average molecular weight is 399 g/mol. The van der Waals surface area contributed by atoms with E-state index in [9.17, 15) is 19.7 Å². The van der Waals surface area contributed by atoms with E-state index < -0.39 is 22.8 Å². The maximum Gasteiger partial charge on any atom is 0.336 e. The van der Waals surface area contributed by atoms with Gasteiger partial charge in [-0.2, -0.15) is 5.26 Å². The third-order valence-electron chi connectivity index (χ3n) is 4.49. The quantitative estimate of drug-likeness (QED) is 0.320. The molecule has 0 saturated heterocycles. The number of nitrogens with one attached hydrogen (secondary N) is 1. The summed E-state index contributed by atoms with van der Waals surface area (Å²) in [7, 11) is 1.22. The Hall–Kier alpha value is -3.67. The predicted octanol–water partition coefficient (Wildman–Crippen LogP) is 2.85. The molecule has 0 fully saturated rings. The number of methoxy groups -OCH3 is 1. The van der Waals surface area contributed by atoms with Gasteiger partial charge >= 0.3 is 11.9 Å². The molecule has 9 heteroatoms. The number of allylic oxidation sites excluding steroid dienone is 2. The van der Waals surface area contributed by atoms with Crippen LogP contribution in [0, 0.1) is 21.4 Å². The number of nitro groups is 1. The van der Waals surface area contributed by atoms with Gasteiger partial charge < -0.3 is 14.8 Å². The zero-order valence-corrected chi connectivity index (χ0v) is 16.4. The van der Waals surface area contributed by atoms with Crippen LogP contribution in [0.3, 0.4) is 0 Å². The normalized spacial score (nSPS) is 16.0. The van der Waals surface area contributed by atoms with E-state index in [0.29, 0.717) is 23.4 Å². The molecule has 1 aliphatic rings. The molecule has 0 amide bonds. The number of esters is 2. The number of carbonyl (C=O) groups excluding carboxylic acids is 2. The third kappa shape index (κ3) is 4.60. The van der Waals surface area contributed by atoms with Crippen LogP contribution in [0.1, 0.15) is 38.2 Å². The number of nitriles is 1. The van der Waals surface area contributed by atoms with Gasteiger partial charge in [0, 0.05) is 23.5 Å². The first-order valence-corrected chi connectivity index (χ1v) is 8.93. The van der Waals surface area contributed by atoms with E-state index in [1.807, 2.05) is 13.0 Å². The first-order valence-electron chi connectivity index (χ1n) is 8.93. The van der Waals surface area contributed by atoms with E-state index in [0.717, 1.165) is 0 Å². The van der Waals surface area contributed by atoms with Crippen LogP contribution in [0.4, 0.5) is 5.69 Å². The van der Waals surface area contributed by atoms with Gasteiger partial charge in [-0.25, -0.2) is 9.59 Å². The second-order valence-electron chi connectivity index (χ2n) is 6.23. The highest BCUT2D eigenvalue weighted by molar-refractivity contribution is 6.00. The molecule has 1 aliphatic heterocycles. The summed E-state index contributed by atoms with van der Waals surface area (Å²) in [5, 5.41) is 23.0. The van der Waals surface area contributed by atoms with E-state index in [2.05, 4.69) is 5.32 Å². The first kappa shape index (κ1) is 21.6. The van der Waals surface area contributed by atoms with Crippen LogP contribution in [0.5, 0.6) is 0 Å². The second kappa shape index (κ2) is 9.50. The summed E-state index contributed by atoms with van der Waals surface area (Å²) in [4.78, 5) is 36.1. The molecule has 0 aliphatic carbocycles. The van der Waals surface area contributed by atoms with Gasteiger partial charge in [-0.1, -0.05) is 19.1 Å². The van der Waals surface area contributed by atoms with Crippen LogP contribution in [0.25, 0.3) is 0 Å². The van der Waals surface area contributed by atoms with Gasteiger partial charge in [-0.3, -0.25) is 10.1 Å². The molecule has 0 radical (unpaired) electrons. The van der Waals surface area contributed by atoms with E-state index >= 15 is 0 Å². The maximum atomic E-state index is 12.9. The van der Waals surface area contributed by atoms with Gasteiger partial charge in [0.15, 0.2) is 0 Å². The maximum absolute atomic E-state index is 12.9. The van der Waals surface area contributed by atoms with Crippen molar-refractivity contribution in [1.82, 2.24) is 5.32 Å². The van der Waals surface area contributed by atoms with Crippen LogP contribution in [-0.4, -0.2) is 30.6 Å². The van der Waals surface area contributed by atoms with Gasteiger partial charge in [0.2, 0.25) is 0 Å². The van der Waals surface area contributed by atoms with Crippen LogP contribution >= 0.6 is 0 Å². The molecule has 1 atom stereocenters. The van der Waals surface area contributed by atoms with Crippen LogP contribution in [0.15, 0.2) is 46.8 Å². The van der Waals surface area contributed by atoms with Crippen molar-refractivity contribution in [2.75, 3.05) is 13.7 Å². The molecule has 0 bridgehead atoms. The molecule has 1 aromatic carbocycles. The Kier molecular flexibility index (Phi) is 7.09. The molecule has 1 N–H and O–H groups in total. The Balaban J connectivity index is 2.67. The molecule has 0 saturated carbocycles. The largest absolute Gasteiger partial charge is 0.466 e. The fourth-order valence-electron chi connectivity index (χ4n) is 3.22. The van der Waals surface area contributed by atoms with Gasteiger partial charge in [0.1, 0.15) is 6.61 Å². The highest BCUT2D eigenvalue weighted by Crippen LogP contribution is 2.40. The number of hydrogen-bond donors (Lipinski definition) is 1. The van der Waals surface area contributed by atoms with Crippen molar-refractivity contribution in [3.05, 3.63) is 62.5 Å². The Morgan fingerprint density at radius 2 is 2.03 bits per heavy atom. The lowest BCUT2D eigenvalue weighted by atomic mass is 9.79. The number of dihydropyridines is 1. The average Bonchev–Trinajstić information content (AvgIpc) is 2.72. The van der Waals surface area contributed by atoms with E-state index in [1.165, 1.54) is 25.3 Å². The zero-order valence-electron chi connectivity index (χ0n) is 16.4. The molecule has 1 heterocycles. The van der Waals surface area contributed by atoms with Crippen molar-refractivity contribution in [2.24, 2.45) is 0 Å². The highest BCUT2D eigenvalue weighted by atomic mass is 16.6. The lowest BCUT2D eigenvalue weighted by Gasteiger charge is -2.31. The molecule has 29 heavy (non-hydrogen) atoms. The molecule has 0 spiro atoms. The van der Waals surface area contributed by atoms with Gasteiger partial charge in [-0.05, 0) is 18.9 Å². The third-order valence-corrected chi connectivity index (χ3v) is 4.49. The number of ether oxygens (including phenoxy) is 2. The standard InChI is InChI=1S/C20H21N3O6/c1-4-15-18(20(25)29-10-6-9-21)17(16(12(2)22-15)19(24)28-3)13-7-5-8-14(11-13)23(26)27/h5,7-8,11,17,22H,4,6,10H2,1-3H3. The van der Waals surface area contributed by atoms with Crippen molar-refractivity contribution >= 4 is 17.6 Å². The Morgan fingerprint density at radius 3 is 2.62 bits per heavy atom. The molecule has 1 aromatic rings. The molecule has 1 unspecified atom stereocenters. The summed E-state index contributed by atoms with van der Waals surface area (Å²) in [6, 6.07) is 7.64. The summed E-state index contributed by atoms with van der Waals surface area (Å²) < 4.78 is 10.1. The Morgan fingerprint density at radius 1 is 1.31 bits per heavy atom. The number of rotatable bonds is 7. The summed E-state index contributed by atoms with van der Waals surface area (Å²) in [6.07, 6.45) is 0.452. The Labute approximate surface area is 167 Å². The van der Waals surface area contributed by atoms with Crippen LogP contribution < -0.4 is 5.32 Å². The smallest absolute Gasteiger partial charge is 0.336 e. The number of hydrogen-bond acceptors (Lipinski definition) is 8. The van der Waals surface area contributed by atoms with E-state index in [-0.39, 0.29) is 29.9 Å². The second-order valence-corrected chi connectivity index (χ2v) is 6.23. The van der Waals surface area contributed by atoms with E-state index in [4.69, 9.17) is 14.7 Å². The lowest BCUT2D eigenvalue weighted by Crippen LogP contribution is -2.33. The monoisotopic (exact) mass is 399 g/mol. The highest BCUT2D eigenvalue weighted by Gasteiger charge is 2.38. The fraction of sp³-hybridized carbons (Fsp3) is 0.350. The fourth-order valence-corrected chi connectivity index (χ4v) is 3.22. The van der Waals surface area contributed by atoms with Crippen molar-refractivity contribution in [1.29, 1.82) is 5.26 Å². The van der Waals surface area contributed by atoms with Gasteiger partial charge in [0.05, 0.1) is 41.6 Å². The summed E-state index contributed by atoms with van der Waals surface area (Å²) in [6.45, 7) is 3.39. The van der Waals surface area contributed by atoms with Crippen LogP contribution in [0.2, 0.25) is 0 Å². The topological polar surface area (TPSA) is 132 Å². The zero-order chi connectivity index (χ0) is 21.6. The van der Waals surface area contributed by atoms with Gasteiger partial charge in [0.25, 0.3) is 5.69 Å². The molecule has 2 rings (SSSR count). The summed E-state index contributed by atoms with van der Waals surface area (Å²) in [5.41, 5.74) is 1.57. The van der Waals surface area contributed by atoms with Crippen molar-refractivity contribution < 1.29 is 24.0 Å². The van der Waals surface area contributed by atoms with Crippen molar-refractivity contribution in [2.45, 2.75) is 32.6 Å². The van der Waals surface area contributed by atoms with Gasteiger partial charge in [-0.15, -0.1) is 0 Å². The number of non-ortho nitro benzene ring substituents is 1. The molecular weight excluding hydrogens is 378 g/mol. The molecular formula is C20H21N3O6. The minimum atomic E-state index is -0.909. The summed E-state index contributed by atoms with van der Waals surface area (Å²) >= 11 is 0. The number of nitrogens with zero attached hydrogens (tertiary/aromatic N) is 2. The SMILES string of the molecule is CCC1=C(C(=O)OCCC#N)C(c2cccc([N+](=O)[O-])c2)C(C(=O)OC)=C(C)N1.